The number of rotatable bonds is 11. The fourth-order valence-electron chi connectivity index (χ4n) is 3.27. The number of halogens is 4. The molecule has 182 valence electrons. The molecule has 0 aliphatic rings. The highest BCUT2D eigenvalue weighted by atomic mass is 32.1. The van der Waals surface area contributed by atoms with Crippen molar-refractivity contribution in [3.63, 3.8) is 0 Å². The summed E-state index contributed by atoms with van der Waals surface area (Å²) in [5.74, 6) is 0.0739. The van der Waals surface area contributed by atoms with Crippen LogP contribution in [0.3, 0.4) is 0 Å². The zero-order valence-electron chi connectivity index (χ0n) is 18.7. The smallest absolute Gasteiger partial charge is 0.352 e. The van der Waals surface area contributed by atoms with Crippen molar-refractivity contribution in [2.75, 3.05) is 18.0 Å². The van der Waals surface area contributed by atoms with Crippen LogP contribution in [-0.4, -0.2) is 28.4 Å². The van der Waals surface area contributed by atoms with Gasteiger partial charge in [-0.25, -0.2) is 9.37 Å². The lowest BCUT2D eigenvalue weighted by atomic mass is 10.1. The molecule has 0 radical (unpaired) electrons. The Morgan fingerprint density at radius 2 is 1.85 bits per heavy atom. The van der Waals surface area contributed by atoms with E-state index in [0.29, 0.717) is 36.0 Å². The number of hydrogen-bond acceptors (Lipinski definition) is 5. The number of benzene rings is 2. The van der Waals surface area contributed by atoms with E-state index in [4.69, 9.17) is 0 Å². The Morgan fingerprint density at radius 3 is 2.56 bits per heavy atom. The summed E-state index contributed by atoms with van der Waals surface area (Å²) in [6, 6.07) is 11.1. The van der Waals surface area contributed by atoms with Crippen molar-refractivity contribution in [1.82, 2.24) is 14.7 Å². The number of aromatic nitrogens is 2. The third-order valence-electron chi connectivity index (χ3n) is 5.14. The largest absolute Gasteiger partial charge is 0.416 e. The van der Waals surface area contributed by atoms with E-state index in [2.05, 4.69) is 21.6 Å². The van der Waals surface area contributed by atoms with Gasteiger partial charge in [0.25, 0.3) is 0 Å². The van der Waals surface area contributed by atoms with Gasteiger partial charge in [-0.3, -0.25) is 4.79 Å². The Hall–Kier alpha value is -3.01. The predicted molar refractivity (Wildman–Crippen MR) is 124 cm³/mol. The van der Waals surface area contributed by atoms with Gasteiger partial charge in [-0.05, 0) is 41.8 Å². The number of anilines is 1. The molecule has 34 heavy (non-hydrogen) atoms. The van der Waals surface area contributed by atoms with E-state index in [1.165, 1.54) is 29.7 Å². The fraction of sp³-hybridized carbons (Fsp3) is 0.375. The van der Waals surface area contributed by atoms with Crippen molar-refractivity contribution in [2.24, 2.45) is 0 Å². The van der Waals surface area contributed by atoms with Gasteiger partial charge in [0, 0.05) is 44.0 Å². The van der Waals surface area contributed by atoms with Crippen molar-refractivity contribution in [2.45, 2.75) is 45.3 Å². The minimum atomic E-state index is -4.42. The Morgan fingerprint density at radius 1 is 1.09 bits per heavy atom. The molecule has 0 spiro atoms. The first-order chi connectivity index (χ1) is 16.2. The molecule has 0 saturated heterocycles. The van der Waals surface area contributed by atoms with Gasteiger partial charge in [0.05, 0.1) is 5.56 Å². The maximum absolute atomic E-state index is 13.1. The van der Waals surface area contributed by atoms with Crippen molar-refractivity contribution >= 4 is 22.6 Å². The van der Waals surface area contributed by atoms with Crippen LogP contribution in [0.2, 0.25) is 0 Å². The van der Waals surface area contributed by atoms with Gasteiger partial charge < -0.3 is 10.2 Å². The van der Waals surface area contributed by atoms with Crippen molar-refractivity contribution in [3.05, 3.63) is 76.9 Å². The Bertz CT molecular complexity index is 1070. The van der Waals surface area contributed by atoms with E-state index in [9.17, 15) is 22.4 Å². The Labute approximate surface area is 200 Å². The zero-order valence-corrected chi connectivity index (χ0v) is 19.6. The number of unbranched alkanes of at least 4 members (excludes halogenated alkanes) is 1. The van der Waals surface area contributed by atoms with Crippen LogP contribution >= 0.6 is 11.5 Å². The van der Waals surface area contributed by atoms with Gasteiger partial charge in [-0.2, -0.15) is 17.5 Å². The molecule has 2 aromatic carbocycles. The number of hydrogen-bond donors (Lipinski definition) is 1. The molecule has 5 nitrogen and oxygen atoms in total. The van der Waals surface area contributed by atoms with E-state index in [1.807, 2.05) is 4.90 Å². The number of alkyl halides is 3. The number of nitrogens with zero attached hydrogens (tertiary/aromatic N) is 3. The number of carbonyl (C=O) groups excluding carboxylic acids is 1. The zero-order chi connectivity index (χ0) is 24.6. The molecular formula is C24H26F4N4OS. The second-order valence-corrected chi connectivity index (χ2v) is 8.59. The lowest BCUT2D eigenvalue weighted by Crippen LogP contribution is -2.31. The Balaban J connectivity index is 1.55. The minimum Gasteiger partial charge on any atom is -0.352 e. The molecule has 1 heterocycles. The van der Waals surface area contributed by atoms with Gasteiger partial charge >= 0.3 is 6.18 Å². The standard InChI is InChI=1S/C24H26F4N4OS/c1-2-3-12-32(23-30-21(31-34-23)15-17-7-9-20(25)10-8-17)13-11-22(33)29-16-18-5-4-6-19(14-18)24(26,27)28/h4-10,14H,2-3,11-13,15-16H2,1H3,(H,29,33). The summed E-state index contributed by atoms with van der Waals surface area (Å²) in [4.78, 5) is 18.9. The number of amides is 1. The third-order valence-corrected chi connectivity index (χ3v) is 5.95. The molecule has 0 unspecified atom stereocenters. The monoisotopic (exact) mass is 494 g/mol. The third kappa shape index (κ3) is 7.79. The highest BCUT2D eigenvalue weighted by Gasteiger charge is 2.30. The normalized spacial score (nSPS) is 11.4. The molecule has 1 amide bonds. The SMILES string of the molecule is CCCCN(CCC(=O)NCc1cccc(C(F)(F)F)c1)c1nc(Cc2ccc(F)cc2)ns1. The molecule has 0 aliphatic heterocycles. The Kier molecular flexibility index (Phi) is 8.98. The van der Waals surface area contributed by atoms with E-state index < -0.39 is 11.7 Å². The number of carbonyl (C=O) groups is 1. The summed E-state index contributed by atoms with van der Waals surface area (Å²) in [5, 5.41) is 3.39. The average molecular weight is 495 g/mol. The summed E-state index contributed by atoms with van der Waals surface area (Å²) in [5.41, 5.74) is 0.554. The maximum Gasteiger partial charge on any atom is 0.416 e. The summed E-state index contributed by atoms with van der Waals surface area (Å²) in [6.45, 7) is 3.22. The van der Waals surface area contributed by atoms with E-state index in [1.54, 1.807) is 18.2 Å². The van der Waals surface area contributed by atoms with Crippen LogP contribution in [0.5, 0.6) is 0 Å². The second-order valence-electron chi connectivity index (χ2n) is 7.86. The van der Waals surface area contributed by atoms with Gasteiger partial charge in [0.15, 0.2) is 0 Å². The van der Waals surface area contributed by atoms with E-state index in [0.717, 1.165) is 30.5 Å². The van der Waals surface area contributed by atoms with Gasteiger partial charge in [0.1, 0.15) is 11.6 Å². The molecule has 1 N–H and O–H groups in total. The quantitative estimate of drug-likeness (QED) is 0.353. The highest BCUT2D eigenvalue weighted by Crippen LogP contribution is 2.29. The average Bonchev–Trinajstić information content (AvgIpc) is 3.27. The molecule has 1 aromatic heterocycles. The van der Waals surface area contributed by atoms with Crippen LogP contribution in [0, 0.1) is 5.82 Å². The predicted octanol–water partition coefficient (Wildman–Crippen LogP) is 5.60. The summed E-state index contributed by atoms with van der Waals surface area (Å²) >= 11 is 1.25. The van der Waals surface area contributed by atoms with Crippen LogP contribution in [0.4, 0.5) is 22.7 Å². The van der Waals surface area contributed by atoms with Gasteiger partial charge in [-0.1, -0.05) is 37.6 Å². The van der Waals surface area contributed by atoms with Gasteiger partial charge in [0.2, 0.25) is 11.0 Å². The number of nitrogens with one attached hydrogen (secondary N) is 1. The summed E-state index contributed by atoms with van der Waals surface area (Å²) in [7, 11) is 0. The van der Waals surface area contributed by atoms with Crippen molar-refractivity contribution in [1.29, 1.82) is 0 Å². The summed E-state index contributed by atoms with van der Waals surface area (Å²) < 4.78 is 56.1. The lowest BCUT2D eigenvalue weighted by molar-refractivity contribution is -0.137. The van der Waals surface area contributed by atoms with Gasteiger partial charge in [-0.15, -0.1) is 0 Å². The molecule has 3 rings (SSSR count). The topological polar surface area (TPSA) is 58.1 Å². The lowest BCUT2D eigenvalue weighted by Gasteiger charge is -2.21. The van der Waals surface area contributed by atoms with Crippen LogP contribution in [-0.2, 0) is 23.9 Å². The maximum atomic E-state index is 13.1. The van der Waals surface area contributed by atoms with Crippen LogP contribution < -0.4 is 10.2 Å². The fourth-order valence-corrected chi connectivity index (χ4v) is 4.00. The van der Waals surface area contributed by atoms with Crippen LogP contribution in [0.15, 0.2) is 48.5 Å². The first kappa shape index (κ1) is 25.6. The minimum absolute atomic E-state index is 0.0261. The van der Waals surface area contributed by atoms with Crippen LogP contribution in [0.1, 0.15) is 48.7 Å². The molecule has 10 heteroatoms. The van der Waals surface area contributed by atoms with Crippen molar-refractivity contribution in [3.8, 4) is 0 Å². The van der Waals surface area contributed by atoms with Crippen LogP contribution in [0.25, 0.3) is 0 Å². The summed E-state index contributed by atoms with van der Waals surface area (Å²) in [6.07, 6.45) is -1.87. The molecule has 0 atom stereocenters. The molecular weight excluding hydrogens is 468 g/mol. The van der Waals surface area contributed by atoms with E-state index >= 15 is 0 Å². The molecule has 0 aliphatic carbocycles. The first-order valence-electron chi connectivity index (χ1n) is 11.0. The highest BCUT2D eigenvalue weighted by molar-refractivity contribution is 7.09. The van der Waals surface area contributed by atoms with E-state index in [-0.39, 0.29) is 24.7 Å². The molecule has 3 aromatic rings. The molecule has 0 fully saturated rings. The van der Waals surface area contributed by atoms with Crippen molar-refractivity contribution < 1.29 is 22.4 Å². The first-order valence-corrected chi connectivity index (χ1v) is 11.8. The molecule has 0 bridgehead atoms. The second kappa shape index (κ2) is 11.9. The molecule has 0 saturated carbocycles.